The fourth-order valence-corrected chi connectivity index (χ4v) is 5.15. The average Bonchev–Trinajstić information content (AvgIpc) is 3.26. The van der Waals surface area contributed by atoms with E-state index in [0.717, 1.165) is 35.4 Å². The number of rotatable bonds is 7. The van der Waals surface area contributed by atoms with Crippen LogP contribution in [-0.2, 0) is 25.6 Å². The predicted octanol–water partition coefficient (Wildman–Crippen LogP) is 2.15. The Morgan fingerprint density at radius 1 is 1.11 bits per heavy atom. The van der Waals surface area contributed by atoms with E-state index in [1.54, 1.807) is 12.4 Å². The van der Waals surface area contributed by atoms with Gasteiger partial charge in [0.25, 0.3) is 0 Å². The quantitative estimate of drug-likeness (QED) is 0.554. The van der Waals surface area contributed by atoms with Crippen molar-refractivity contribution in [3.05, 3.63) is 53.9 Å². The summed E-state index contributed by atoms with van der Waals surface area (Å²) >= 11 is 0. The number of carbonyl (C=O) groups excluding carboxylic acids is 2. The van der Waals surface area contributed by atoms with E-state index in [9.17, 15) is 14.7 Å². The zero-order valence-corrected chi connectivity index (χ0v) is 19.5. The van der Waals surface area contributed by atoms with E-state index < -0.39 is 6.10 Å². The summed E-state index contributed by atoms with van der Waals surface area (Å²) in [6, 6.07) is 9.37. The van der Waals surface area contributed by atoms with Gasteiger partial charge in [-0.25, -0.2) is 0 Å². The largest absolute Gasteiger partial charge is 0.487 e. The van der Waals surface area contributed by atoms with Crippen LogP contribution in [0.3, 0.4) is 0 Å². The van der Waals surface area contributed by atoms with E-state index in [2.05, 4.69) is 15.6 Å². The van der Waals surface area contributed by atoms with Crippen molar-refractivity contribution in [2.75, 3.05) is 25.1 Å². The van der Waals surface area contributed by atoms with Crippen molar-refractivity contribution < 1.29 is 28.9 Å². The summed E-state index contributed by atoms with van der Waals surface area (Å²) in [5.74, 6) is 0.548. The lowest BCUT2D eigenvalue weighted by Crippen LogP contribution is -2.47. The molecule has 3 aliphatic heterocycles. The molecule has 4 atom stereocenters. The number of pyridine rings is 1. The van der Waals surface area contributed by atoms with E-state index in [-0.39, 0.29) is 48.9 Å². The Bertz CT molecular complexity index is 1040. The molecular weight excluding hydrogens is 450 g/mol. The Hall–Kier alpha value is -3.01. The number of aliphatic hydroxyl groups is 1. The lowest BCUT2D eigenvalue weighted by molar-refractivity contribution is -0.142. The molecular formula is C26H31N3O6. The van der Waals surface area contributed by atoms with Crippen LogP contribution in [0.25, 0.3) is 0 Å². The molecule has 5 rings (SSSR count). The van der Waals surface area contributed by atoms with Crippen LogP contribution in [-0.4, -0.2) is 60.0 Å². The molecule has 2 fully saturated rings. The average molecular weight is 482 g/mol. The van der Waals surface area contributed by atoms with Gasteiger partial charge in [-0.15, -0.1) is 0 Å². The summed E-state index contributed by atoms with van der Waals surface area (Å²) in [6.45, 7) is 1.45. The molecule has 0 bridgehead atoms. The van der Waals surface area contributed by atoms with Crippen LogP contribution in [0.2, 0.25) is 0 Å². The van der Waals surface area contributed by atoms with Gasteiger partial charge in [0.1, 0.15) is 18.0 Å². The van der Waals surface area contributed by atoms with E-state index in [1.807, 2.05) is 30.3 Å². The minimum absolute atomic E-state index is 0.00710. The lowest BCUT2D eigenvalue weighted by atomic mass is 9.84. The van der Waals surface area contributed by atoms with Crippen molar-refractivity contribution in [3.63, 3.8) is 0 Å². The van der Waals surface area contributed by atoms with Crippen LogP contribution < -0.4 is 15.4 Å². The zero-order valence-electron chi connectivity index (χ0n) is 19.5. The van der Waals surface area contributed by atoms with E-state index >= 15 is 0 Å². The van der Waals surface area contributed by atoms with Gasteiger partial charge in [0.2, 0.25) is 11.8 Å². The van der Waals surface area contributed by atoms with Gasteiger partial charge in [0.05, 0.1) is 19.1 Å². The molecule has 2 amide bonds. The number of hydrogen-bond acceptors (Lipinski definition) is 7. The van der Waals surface area contributed by atoms with Crippen LogP contribution in [0.1, 0.15) is 42.7 Å². The van der Waals surface area contributed by atoms with Gasteiger partial charge < -0.3 is 30.0 Å². The first kappa shape index (κ1) is 23.7. The van der Waals surface area contributed by atoms with Crippen LogP contribution in [0.4, 0.5) is 5.69 Å². The second kappa shape index (κ2) is 10.7. The molecule has 9 nitrogen and oxygen atoms in total. The third kappa shape index (κ3) is 5.47. The number of nitrogens with zero attached hydrogens (tertiary/aromatic N) is 1. The Kier molecular flexibility index (Phi) is 7.26. The fourth-order valence-electron chi connectivity index (χ4n) is 5.15. The zero-order chi connectivity index (χ0) is 24.2. The van der Waals surface area contributed by atoms with Gasteiger partial charge in [0, 0.05) is 55.2 Å². The number of aliphatic hydroxyl groups excluding tert-OH is 1. The first-order valence-corrected chi connectivity index (χ1v) is 12.2. The van der Waals surface area contributed by atoms with Crippen molar-refractivity contribution in [2.24, 2.45) is 5.92 Å². The number of carbonyl (C=O) groups is 2. The second-order valence-electron chi connectivity index (χ2n) is 9.37. The van der Waals surface area contributed by atoms with Crippen molar-refractivity contribution in [3.8, 4) is 5.75 Å². The van der Waals surface area contributed by atoms with Crippen LogP contribution >= 0.6 is 0 Å². The third-order valence-corrected chi connectivity index (χ3v) is 7.01. The molecule has 0 spiro atoms. The van der Waals surface area contributed by atoms with Crippen molar-refractivity contribution >= 4 is 17.5 Å². The summed E-state index contributed by atoms with van der Waals surface area (Å²) in [5.41, 5.74) is 2.67. The number of anilines is 1. The summed E-state index contributed by atoms with van der Waals surface area (Å²) in [4.78, 5) is 29.3. The number of nitrogens with one attached hydrogen (secondary N) is 2. The smallest absolute Gasteiger partial charge is 0.227 e. The molecule has 4 heterocycles. The fraction of sp³-hybridized carbons (Fsp3) is 0.500. The number of fused-ring (bicyclic) bond motifs is 3. The molecule has 3 N–H and O–H groups in total. The molecule has 1 aromatic heterocycles. The maximum Gasteiger partial charge on any atom is 0.227 e. The van der Waals surface area contributed by atoms with Gasteiger partial charge >= 0.3 is 0 Å². The minimum atomic E-state index is -0.528. The summed E-state index contributed by atoms with van der Waals surface area (Å²) in [6.07, 6.45) is 4.42. The molecule has 0 radical (unpaired) electrons. The molecule has 0 unspecified atom stereocenters. The second-order valence-corrected chi connectivity index (χ2v) is 9.37. The highest BCUT2D eigenvalue weighted by Crippen LogP contribution is 2.47. The first-order chi connectivity index (χ1) is 17.1. The monoisotopic (exact) mass is 481 g/mol. The molecule has 0 aliphatic carbocycles. The van der Waals surface area contributed by atoms with Crippen LogP contribution in [0.15, 0.2) is 42.7 Å². The molecule has 9 heteroatoms. The highest BCUT2D eigenvalue weighted by molar-refractivity contribution is 5.92. The molecule has 35 heavy (non-hydrogen) atoms. The van der Waals surface area contributed by atoms with Crippen molar-refractivity contribution in [2.45, 2.75) is 56.5 Å². The number of ether oxygens (including phenoxy) is 3. The number of hydrogen-bond donors (Lipinski definition) is 3. The molecule has 1 aromatic carbocycles. The first-order valence-electron chi connectivity index (χ1n) is 12.2. The SMILES string of the molecule is O=C(C[C@@H]1C[C@H]2c3cc(NC(=O)C4CCOCC4)ccc3O[C@H]2[C@@H](CO)O1)NCc1ccncc1. The maximum absolute atomic E-state index is 12.7. The van der Waals surface area contributed by atoms with Crippen LogP contribution in [0.5, 0.6) is 5.75 Å². The van der Waals surface area contributed by atoms with Crippen LogP contribution in [0, 0.1) is 5.92 Å². The number of benzene rings is 1. The van der Waals surface area contributed by atoms with Gasteiger partial charge in [-0.2, -0.15) is 0 Å². The Labute approximate surface area is 204 Å². The summed E-state index contributed by atoms with van der Waals surface area (Å²) in [7, 11) is 0. The molecule has 186 valence electrons. The Morgan fingerprint density at radius 3 is 2.69 bits per heavy atom. The number of aromatic nitrogens is 1. The van der Waals surface area contributed by atoms with E-state index in [0.29, 0.717) is 26.2 Å². The maximum atomic E-state index is 12.7. The normalized spacial score (nSPS) is 25.7. The minimum Gasteiger partial charge on any atom is -0.487 e. The van der Waals surface area contributed by atoms with Gasteiger partial charge in [-0.1, -0.05) is 0 Å². The Balaban J connectivity index is 1.24. The van der Waals surface area contributed by atoms with Crippen molar-refractivity contribution in [1.82, 2.24) is 10.3 Å². The molecule has 3 aliphatic rings. The van der Waals surface area contributed by atoms with Crippen molar-refractivity contribution in [1.29, 1.82) is 0 Å². The van der Waals surface area contributed by atoms with E-state index in [1.165, 1.54) is 0 Å². The highest BCUT2D eigenvalue weighted by atomic mass is 16.6. The Morgan fingerprint density at radius 2 is 1.91 bits per heavy atom. The molecule has 0 saturated carbocycles. The predicted molar refractivity (Wildman–Crippen MR) is 127 cm³/mol. The third-order valence-electron chi connectivity index (χ3n) is 7.01. The van der Waals surface area contributed by atoms with Gasteiger partial charge in [0.15, 0.2) is 0 Å². The molecule has 2 saturated heterocycles. The van der Waals surface area contributed by atoms with Gasteiger partial charge in [-0.05, 0) is 55.2 Å². The topological polar surface area (TPSA) is 119 Å². The highest BCUT2D eigenvalue weighted by Gasteiger charge is 2.46. The lowest BCUT2D eigenvalue weighted by Gasteiger charge is -2.37. The molecule has 2 aromatic rings. The number of amides is 2. The van der Waals surface area contributed by atoms with E-state index in [4.69, 9.17) is 14.2 Å². The summed E-state index contributed by atoms with van der Waals surface area (Å²) in [5, 5.41) is 15.9. The van der Waals surface area contributed by atoms with Gasteiger partial charge in [-0.3, -0.25) is 14.6 Å². The summed E-state index contributed by atoms with van der Waals surface area (Å²) < 4.78 is 17.5. The standard InChI is InChI=1S/C26H31N3O6/c30-15-23-25-21(12-19(34-23)13-24(31)28-14-16-3-7-27-8-4-16)20-11-18(1-2-22(20)35-25)29-26(32)17-5-9-33-10-6-17/h1-4,7-8,11,17,19,21,23,25,30H,5-6,9-10,12-15H2,(H,28,31)(H,29,32)/t19-,21-,23+,25+/m0/s1.